The summed E-state index contributed by atoms with van der Waals surface area (Å²) in [6.07, 6.45) is 1.56. The first-order chi connectivity index (χ1) is 9.27. The van der Waals surface area contributed by atoms with Crippen molar-refractivity contribution in [2.45, 2.75) is 6.92 Å². The lowest BCUT2D eigenvalue weighted by Crippen LogP contribution is -2.24. The molecule has 0 saturated carbocycles. The standard InChI is InChI=1S/C14H16N4O/c1-10-7-15-8-12(10)14(19)13-9-16-17-18(13)11-5-3-2-4-6-11/h2-6,9-10,12,15H,7-8H2,1H3. The lowest BCUT2D eigenvalue weighted by Gasteiger charge is -2.13. The highest BCUT2D eigenvalue weighted by Crippen LogP contribution is 2.21. The number of para-hydroxylation sites is 1. The summed E-state index contributed by atoms with van der Waals surface area (Å²) in [4.78, 5) is 12.6. The molecule has 98 valence electrons. The van der Waals surface area contributed by atoms with E-state index in [-0.39, 0.29) is 11.7 Å². The van der Waals surface area contributed by atoms with Crippen molar-refractivity contribution in [2.75, 3.05) is 13.1 Å². The summed E-state index contributed by atoms with van der Waals surface area (Å²) in [5.41, 5.74) is 1.42. The number of carbonyl (C=O) groups excluding carboxylic acids is 1. The van der Waals surface area contributed by atoms with E-state index < -0.39 is 0 Å². The Bertz CT molecular complexity index is 578. The molecule has 1 N–H and O–H groups in total. The first-order valence-electron chi connectivity index (χ1n) is 6.48. The average Bonchev–Trinajstić information content (AvgIpc) is 3.07. The molecule has 5 nitrogen and oxygen atoms in total. The second-order valence-corrected chi connectivity index (χ2v) is 4.97. The Balaban J connectivity index is 1.94. The summed E-state index contributed by atoms with van der Waals surface area (Å²) < 4.78 is 1.62. The van der Waals surface area contributed by atoms with Gasteiger partial charge in [-0.05, 0) is 24.6 Å². The fraction of sp³-hybridized carbons (Fsp3) is 0.357. The van der Waals surface area contributed by atoms with E-state index in [9.17, 15) is 4.79 Å². The monoisotopic (exact) mass is 256 g/mol. The maximum atomic E-state index is 12.6. The molecule has 0 amide bonds. The highest BCUT2D eigenvalue weighted by Gasteiger charge is 2.32. The van der Waals surface area contributed by atoms with Gasteiger partial charge in [0, 0.05) is 12.5 Å². The molecular weight excluding hydrogens is 240 g/mol. The number of benzene rings is 1. The number of ketones is 1. The zero-order valence-electron chi connectivity index (χ0n) is 10.8. The maximum Gasteiger partial charge on any atom is 0.187 e. The van der Waals surface area contributed by atoms with Crippen LogP contribution in [0.5, 0.6) is 0 Å². The van der Waals surface area contributed by atoms with Crippen molar-refractivity contribution in [2.24, 2.45) is 11.8 Å². The smallest absolute Gasteiger partial charge is 0.187 e. The molecule has 0 radical (unpaired) electrons. The molecule has 1 aliphatic rings. The van der Waals surface area contributed by atoms with E-state index in [0.717, 1.165) is 18.8 Å². The summed E-state index contributed by atoms with van der Waals surface area (Å²) >= 11 is 0. The molecule has 0 spiro atoms. The van der Waals surface area contributed by atoms with Crippen LogP contribution in [0.1, 0.15) is 17.4 Å². The first-order valence-corrected chi connectivity index (χ1v) is 6.48. The minimum absolute atomic E-state index is 0.0148. The largest absolute Gasteiger partial charge is 0.316 e. The molecular formula is C14H16N4O. The molecule has 19 heavy (non-hydrogen) atoms. The Kier molecular flexibility index (Phi) is 3.13. The van der Waals surface area contributed by atoms with Crippen LogP contribution in [-0.4, -0.2) is 33.9 Å². The van der Waals surface area contributed by atoms with Crippen LogP contribution in [-0.2, 0) is 0 Å². The van der Waals surface area contributed by atoms with Gasteiger partial charge in [0.1, 0.15) is 5.69 Å². The van der Waals surface area contributed by atoms with E-state index in [1.54, 1.807) is 10.9 Å². The molecule has 1 aromatic heterocycles. The summed E-state index contributed by atoms with van der Waals surface area (Å²) in [6, 6.07) is 9.62. The lowest BCUT2D eigenvalue weighted by atomic mass is 9.92. The molecule has 2 unspecified atom stereocenters. The number of carbonyl (C=O) groups is 1. The highest BCUT2D eigenvalue weighted by molar-refractivity contribution is 5.97. The van der Waals surface area contributed by atoms with Crippen LogP contribution in [0.2, 0.25) is 0 Å². The topological polar surface area (TPSA) is 59.8 Å². The summed E-state index contributed by atoms with van der Waals surface area (Å²) in [7, 11) is 0. The molecule has 1 fully saturated rings. The van der Waals surface area contributed by atoms with E-state index in [1.807, 2.05) is 30.3 Å². The third-order valence-corrected chi connectivity index (χ3v) is 3.66. The number of hydrogen-bond acceptors (Lipinski definition) is 4. The normalized spacial score (nSPS) is 22.6. The quantitative estimate of drug-likeness (QED) is 0.841. The van der Waals surface area contributed by atoms with E-state index in [1.165, 1.54) is 0 Å². The van der Waals surface area contributed by atoms with Crippen LogP contribution in [0.15, 0.2) is 36.5 Å². The molecule has 2 aromatic rings. The molecule has 0 bridgehead atoms. The van der Waals surface area contributed by atoms with Gasteiger partial charge in [0.05, 0.1) is 11.9 Å². The number of aromatic nitrogens is 3. The van der Waals surface area contributed by atoms with Crippen molar-refractivity contribution in [3.05, 3.63) is 42.2 Å². The zero-order chi connectivity index (χ0) is 13.2. The van der Waals surface area contributed by atoms with Crippen molar-refractivity contribution in [3.63, 3.8) is 0 Å². The SMILES string of the molecule is CC1CNCC1C(=O)c1cnnn1-c1ccccc1. The third kappa shape index (κ3) is 2.17. The molecule has 3 rings (SSSR count). The van der Waals surface area contributed by atoms with Gasteiger partial charge >= 0.3 is 0 Å². The molecule has 1 aliphatic heterocycles. The van der Waals surface area contributed by atoms with Gasteiger partial charge in [-0.15, -0.1) is 5.10 Å². The average molecular weight is 256 g/mol. The molecule has 1 saturated heterocycles. The van der Waals surface area contributed by atoms with E-state index in [2.05, 4.69) is 22.6 Å². The molecule has 1 aromatic carbocycles. The predicted molar refractivity (Wildman–Crippen MR) is 71.2 cm³/mol. The summed E-state index contributed by atoms with van der Waals surface area (Å²) in [5, 5.41) is 11.2. The first kappa shape index (κ1) is 12.0. The maximum absolute atomic E-state index is 12.6. The minimum atomic E-state index is 0.0148. The number of hydrogen-bond donors (Lipinski definition) is 1. The Morgan fingerprint density at radius 3 is 2.79 bits per heavy atom. The molecule has 0 aliphatic carbocycles. The fourth-order valence-electron chi connectivity index (χ4n) is 2.51. The van der Waals surface area contributed by atoms with E-state index >= 15 is 0 Å². The summed E-state index contributed by atoms with van der Waals surface area (Å²) in [6.45, 7) is 3.72. The number of nitrogens with one attached hydrogen (secondary N) is 1. The van der Waals surface area contributed by atoms with E-state index in [4.69, 9.17) is 0 Å². The minimum Gasteiger partial charge on any atom is -0.316 e. The van der Waals surface area contributed by atoms with Crippen LogP contribution in [0.25, 0.3) is 5.69 Å². The van der Waals surface area contributed by atoms with Crippen LogP contribution in [0, 0.1) is 11.8 Å². The Hall–Kier alpha value is -2.01. The van der Waals surface area contributed by atoms with Crippen LogP contribution in [0.4, 0.5) is 0 Å². The van der Waals surface area contributed by atoms with Crippen LogP contribution in [0.3, 0.4) is 0 Å². The van der Waals surface area contributed by atoms with Crippen molar-refractivity contribution >= 4 is 5.78 Å². The predicted octanol–water partition coefficient (Wildman–Crippen LogP) is 1.31. The highest BCUT2D eigenvalue weighted by atomic mass is 16.1. The van der Waals surface area contributed by atoms with Gasteiger partial charge in [0.25, 0.3) is 0 Å². The van der Waals surface area contributed by atoms with Gasteiger partial charge in [0.15, 0.2) is 5.78 Å². The Labute approximate surface area is 111 Å². The van der Waals surface area contributed by atoms with Crippen LogP contribution < -0.4 is 5.32 Å². The number of rotatable bonds is 3. The van der Waals surface area contributed by atoms with Gasteiger partial charge in [-0.3, -0.25) is 4.79 Å². The molecule has 2 atom stereocenters. The van der Waals surface area contributed by atoms with Gasteiger partial charge < -0.3 is 5.32 Å². The van der Waals surface area contributed by atoms with Gasteiger partial charge in [-0.2, -0.15) is 0 Å². The second kappa shape index (κ2) is 4.93. The molecule has 2 heterocycles. The number of Topliss-reactive ketones (excluding diaryl/α,β-unsaturated/α-hetero) is 1. The lowest BCUT2D eigenvalue weighted by molar-refractivity contribution is 0.0899. The second-order valence-electron chi connectivity index (χ2n) is 4.97. The third-order valence-electron chi connectivity index (χ3n) is 3.66. The number of nitrogens with zero attached hydrogens (tertiary/aromatic N) is 3. The van der Waals surface area contributed by atoms with Crippen molar-refractivity contribution in [3.8, 4) is 5.69 Å². The van der Waals surface area contributed by atoms with Crippen molar-refractivity contribution in [1.82, 2.24) is 20.3 Å². The van der Waals surface area contributed by atoms with E-state index in [0.29, 0.717) is 11.6 Å². The van der Waals surface area contributed by atoms with Crippen molar-refractivity contribution < 1.29 is 4.79 Å². The Morgan fingerprint density at radius 2 is 2.11 bits per heavy atom. The fourth-order valence-corrected chi connectivity index (χ4v) is 2.51. The van der Waals surface area contributed by atoms with Gasteiger partial charge in [0.2, 0.25) is 0 Å². The van der Waals surface area contributed by atoms with Crippen LogP contribution >= 0.6 is 0 Å². The van der Waals surface area contributed by atoms with Gasteiger partial charge in [-0.25, -0.2) is 4.68 Å². The van der Waals surface area contributed by atoms with Crippen molar-refractivity contribution in [1.29, 1.82) is 0 Å². The summed E-state index contributed by atoms with van der Waals surface area (Å²) in [5.74, 6) is 0.485. The Morgan fingerprint density at radius 1 is 1.32 bits per heavy atom. The zero-order valence-corrected chi connectivity index (χ0v) is 10.8. The van der Waals surface area contributed by atoms with Gasteiger partial charge in [-0.1, -0.05) is 30.3 Å². The molecule has 5 heteroatoms.